The number of para-hydroxylation sites is 1. The van der Waals surface area contributed by atoms with Crippen molar-refractivity contribution in [1.82, 2.24) is 4.98 Å². The van der Waals surface area contributed by atoms with Gasteiger partial charge in [-0.05, 0) is 40.7 Å². The first kappa shape index (κ1) is 23.6. The summed E-state index contributed by atoms with van der Waals surface area (Å²) in [4.78, 5) is 16.7. The van der Waals surface area contributed by atoms with E-state index in [-0.39, 0.29) is 16.0 Å². The van der Waals surface area contributed by atoms with Gasteiger partial charge in [0.2, 0.25) is 5.88 Å². The standard InChI is InChI=1S/C26H30ClN3O2/c1-25(2,3)17-11-13-18(14-12-17)28-24(31)29-20-15-16-22(30-23(20)27)32-21-10-8-7-9-19(21)26(4,5)6/h7-16H,1-6H3,(H2,28,29,31). The van der Waals surface area contributed by atoms with Gasteiger partial charge in [-0.2, -0.15) is 4.98 Å². The van der Waals surface area contributed by atoms with Crippen LogP contribution < -0.4 is 15.4 Å². The van der Waals surface area contributed by atoms with E-state index in [9.17, 15) is 4.79 Å². The molecule has 0 radical (unpaired) electrons. The van der Waals surface area contributed by atoms with E-state index in [0.29, 0.717) is 17.3 Å². The van der Waals surface area contributed by atoms with Crippen LogP contribution in [0.5, 0.6) is 11.6 Å². The average molecular weight is 452 g/mol. The van der Waals surface area contributed by atoms with E-state index in [2.05, 4.69) is 57.2 Å². The molecule has 32 heavy (non-hydrogen) atoms. The van der Waals surface area contributed by atoms with Gasteiger partial charge in [-0.25, -0.2) is 4.79 Å². The van der Waals surface area contributed by atoms with Crippen molar-refractivity contribution in [2.24, 2.45) is 0 Å². The van der Waals surface area contributed by atoms with Crippen LogP contribution in [0.2, 0.25) is 5.15 Å². The lowest BCUT2D eigenvalue weighted by molar-refractivity contribution is 0.262. The van der Waals surface area contributed by atoms with Crippen LogP contribution in [-0.4, -0.2) is 11.0 Å². The van der Waals surface area contributed by atoms with E-state index >= 15 is 0 Å². The molecule has 0 aliphatic rings. The lowest BCUT2D eigenvalue weighted by Gasteiger charge is -2.22. The zero-order valence-electron chi connectivity index (χ0n) is 19.4. The summed E-state index contributed by atoms with van der Waals surface area (Å²) in [7, 11) is 0. The maximum absolute atomic E-state index is 12.4. The zero-order valence-corrected chi connectivity index (χ0v) is 20.2. The predicted molar refractivity (Wildman–Crippen MR) is 132 cm³/mol. The van der Waals surface area contributed by atoms with Crippen LogP contribution in [0, 0.1) is 0 Å². The molecule has 5 nitrogen and oxygen atoms in total. The van der Waals surface area contributed by atoms with Crippen molar-refractivity contribution in [3.8, 4) is 11.6 Å². The topological polar surface area (TPSA) is 63.2 Å². The maximum atomic E-state index is 12.4. The number of aromatic nitrogens is 1. The van der Waals surface area contributed by atoms with Crippen LogP contribution in [0.15, 0.2) is 60.7 Å². The lowest BCUT2D eigenvalue weighted by Crippen LogP contribution is -2.20. The molecular weight excluding hydrogens is 422 g/mol. The second kappa shape index (κ2) is 9.21. The first-order valence-corrected chi connectivity index (χ1v) is 10.9. The number of ether oxygens (including phenoxy) is 1. The Kier molecular flexibility index (Phi) is 6.79. The molecule has 0 unspecified atom stereocenters. The van der Waals surface area contributed by atoms with Crippen LogP contribution in [0.3, 0.4) is 0 Å². The molecule has 0 atom stereocenters. The highest BCUT2D eigenvalue weighted by Crippen LogP contribution is 2.34. The number of pyridine rings is 1. The summed E-state index contributed by atoms with van der Waals surface area (Å²) in [5.74, 6) is 1.08. The summed E-state index contributed by atoms with van der Waals surface area (Å²) in [5.41, 5.74) is 3.32. The second-order valence-electron chi connectivity index (χ2n) is 9.74. The minimum Gasteiger partial charge on any atom is -0.439 e. The number of hydrogen-bond acceptors (Lipinski definition) is 3. The van der Waals surface area contributed by atoms with Gasteiger partial charge < -0.3 is 15.4 Å². The van der Waals surface area contributed by atoms with Crippen molar-refractivity contribution in [3.63, 3.8) is 0 Å². The van der Waals surface area contributed by atoms with Gasteiger partial charge in [-0.3, -0.25) is 0 Å². The molecule has 0 saturated carbocycles. The van der Waals surface area contributed by atoms with Crippen LogP contribution in [0.25, 0.3) is 0 Å². The van der Waals surface area contributed by atoms with Gasteiger partial charge in [0, 0.05) is 17.3 Å². The highest BCUT2D eigenvalue weighted by Gasteiger charge is 2.19. The predicted octanol–water partition coefficient (Wildman–Crippen LogP) is 7.77. The molecule has 0 spiro atoms. The normalized spacial score (nSPS) is 11.7. The van der Waals surface area contributed by atoms with Crippen molar-refractivity contribution in [2.75, 3.05) is 10.6 Å². The second-order valence-corrected chi connectivity index (χ2v) is 10.1. The zero-order chi connectivity index (χ0) is 23.5. The quantitative estimate of drug-likeness (QED) is 0.398. The van der Waals surface area contributed by atoms with Crippen LogP contribution >= 0.6 is 11.6 Å². The third kappa shape index (κ3) is 6.01. The first-order valence-electron chi connectivity index (χ1n) is 10.6. The Labute approximate surface area is 195 Å². The summed E-state index contributed by atoms with van der Waals surface area (Å²) in [6.07, 6.45) is 0. The van der Waals surface area contributed by atoms with Crippen molar-refractivity contribution < 1.29 is 9.53 Å². The largest absolute Gasteiger partial charge is 0.439 e. The fraction of sp³-hybridized carbons (Fsp3) is 0.308. The van der Waals surface area contributed by atoms with Gasteiger partial charge >= 0.3 is 6.03 Å². The fourth-order valence-corrected chi connectivity index (χ4v) is 3.39. The number of halogens is 1. The molecule has 3 aromatic rings. The number of urea groups is 1. The molecule has 2 aromatic carbocycles. The third-order valence-corrected chi connectivity index (χ3v) is 5.28. The first-order chi connectivity index (χ1) is 14.9. The molecule has 168 valence electrons. The van der Waals surface area contributed by atoms with Crippen molar-refractivity contribution in [3.05, 3.63) is 76.9 Å². The van der Waals surface area contributed by atoms with Crippen LogP contribution in [0.4, 0.5) is 16.2 Å². The van der Waals surface area contributed by atoms with Gasteiger partial charge in [-0.15, -0.1) is 0 Å². The fourth-order valence-electron chi connectivity index (χ4n) is 3.19. The van der Waals surface area contributed by atoms with Crippen LogP contribution in [-0.2, 0) is 10.8 Å². The van der Waals surface area contributed by atoms with Gasteiger partial charge in [0.25, 0.3) is 0 Å². The molecule has 0 saturated heterocycles. The summed E-state index contributed by atoms with van der Waals surface area (Å²) < 4.78 is 5.99. The number of amides is 2. The Balaban J connectivity index is 1.68. The Bertz CT molecular complexity index is 1100. The highest BCUT2D eigenvalue weighted by atomic mass is 35.5. The molecule has 3 rings (SSSR count). The molecule has 0 aliphatic heterocycles. The Morgan fingerprint density at radius 3 is 2.09 bits per heavy atom. The molecule has 6 heteroatoms. The monoisotopic (exact) mass is 451 g/mol. The van der Waals surface area contributed by atoms with Crippen molar-refractivity contribution >= 4 is 29.0 Å². The number of anilines is 2. The number of carbonyl (C=O) groups is 1. The molecule has 0 aliphatic carbocycles. The van der Waals surface area contributed by atoms with Crippen LogP contribution in [0.1, 0.15) is 52.7 Å². The van der Waals surface area contributed by atoms with E-state index in [1.807, 2.05) is 48.5 Å². The minimum absolute atomic E-state index is 0.0528. The lowest BCUT2D eigenvalue weighted by atomic mass is 9.86. The maximum Gasteiger partial charge on any atom is 0.323 e. The SMILES string of the molecule is CC(C)(C)c1ccc(NC(=O)Nc2ccc(Oc3ccccc3C(C)(C)C)nc2Cl)cc1. The van der Waals surface area contributed by atoms with E-state index in [4.69, 9.17) is 16.3 Å². The minimum atomic E-state index is -0.399. The van der Waals surface area contributed by atoms with Gasteiger partial charge in [0.1, 0.15) is 5.75 Å². The summed E-state index contributed by atoms with van der Waals surface area (Å²) in [5, 5.41) is 5.68. The molecular formula is C26H30ClN3O2. The van der Waals surface area contributed by atoms with E-state index in [0.717, 1.165) is 11.3 Å². The number of benzene rings is 2. The molecule has 1 heterocycles. The average Bonchev–Trinajstić information content (AvgIpc) is 2.69. The summed E-state index contributed by atoms with van der Waals surface area (Å²) in [6, 6.07) is 18.6. The Morgan fingerprint density at radius 2 is 1.50 bits per heavy atom. The summed E-state index contributed by atoms with van der Waals surface area (Å²) in [6.45, 7) is 12.8. The third-order valence-electron chi connectivity index (χ3n) is 4.99. The number of hydrogen-bond donors (Lipinski definition) is 2. The van der Waals surface area contributed by atoms with E-state index < -0.39 is 6.03 Å². The molecule has 0 bridgehead atoms. The van der Waals surface area contributed by atoms with E-state index in [1.165, 1.54) is 5.56 Å². The highest BCUT2D eigenvalue weighted by molar-refractivity contribution is 6.32. The number of nitrogens with zero attached hydrogens (tertiary/aromatic N) is 1. The summed E-state index contributed by atoms with van der Waals surface area (Å²) >= 11 is 6.31. The number of carbonyl (C=O) groups excluding carboxylic acids is 1. The number of nitrogens with one attached hydrogen (secondary N) is 2. The molecule has 2 amide bonds. The molecule has 0 fully saturated rings. The number of rotatable bonds is 4. The van der Waals surface area contributed by atoms with Crippen molar-refractivity contribution in [1.29, 1.82) is 0 Å². The Morgan fingerprint density at radius 1 is 0.844 bits per heavy atom. The smallest absolute Gasteiger partial charge is 0.323 e. The Hall–Kier alpha value is -3.05. The van der Waals surface area contributed by atoms with E-state index in [1.54, 1.807) is 12.1 Å². The molecule has 2 N–H and O–H groups in total. The van der Waals surface area contributed by atoms with Gasteiger partial charge in [-0.1, -0.05) is 83.5 Å². The van der Waals surface area contributed by atoms with Gasteiger partial charge in [0.15, 0.2) is 5.15 Å². The van der Waals surface area contributed by atoms with Crippen molar-refractivity contribution in [2.45, 2.75) is 52.4 Å². The van der Waals surface area contributed by atoms with Gasteiger partial charge in [0.05, 0.1) is 5.69 Å². The molecule has 1 aromatic heterocycles.